The Hall–Kier alpha value is -2.08. The van der Waals surface area contributed by atoms with Gasteiger partial charge in [0.05, 0.1) is 18.4 Å². The number of hydrogen-bond donors (Lipinski definition) is 2. The molecule has 1 amide bonds. The molecule has 0 spiro atoms. The molecule has 6 heteroatoms. The Kier molecular flexibility index (Phi) is 6.85. The van der Waals surface area contributed by atoms with E-state index in [1.165, 1.54) is 25.3 Å². The third-order valence-electron chi connectivity index (χ3n) is 3.14. The molecular formula is C16H23NO5. The molecular weight excluding hydrogens is 286 g/mol. The Labute approximate surface area is 130 Å². The third-order valence-corrected chi connectivity index (χ3v) is 3.14. The summed E-state index contributed by atoms with van der Waals surface area (Å²) in [6.07, 6.45) is 0.288. The number of carboxylic acids is 1. The molecule has 0 bridgehead atoms. The quantitative estimate of drug-likeness (QED) is 0.771. The molecule has 0 fully saturated rings. The predicted molar refractivity (Wildman–Crippen MR) is 83.5 cm³/mol. The van der Waals surface area contributed by atoms with Gasteiger partial charge in [-0.1, -0.05) is 13.8 Å². The normalized spacial score (nSPS) is 12.0. The van der Waals surface area contributed by atoms with Gasteiger partial charge in [-0.25, -0.2) is 4.79 Å². The average molecular weight is 309 g/mol. The van der Waals surface area contributed by atoms with E-state index in [1.807, 2.05) is 0 Å². The van der Waals surface area contributed by atoms with E-state index in [9.17, 15) is 9.59 Å². The van der Waals surface area contributed by atoms with Gasteiger partial charge >= 0.3 is 5.97 Å². The first kappa shape index (κ1) is 18.0. The van der Waals surface area contributed by atoms with Gasteiger partial charge in [0.2, 0.25) is 0 Å². The van der Waals surface area contributed by atoms with Crippen LogP contribution in [-0.2, 0) is 9.53 Å². The molecule has 0 radical (unpaired) electrons. The zero-order valence-corrected chi connectivity index (χ0v) is 13.4. The third kappa shape index (κ3) is 5.37. The van der Waals surface area contributed by atoms with Gasteiger partial charge in [-0.15, -0.1) is 0 Å². The topological polar surface area (TPSA) is 84.9 Å². The summed E-state index contributed by atoms with van der Waals surface area (Å²) in [7, 11) is 1.42. The molecule has 0 heterocycles. The second kappa shape index (κ2) is 8.38. The number of rotatable bonds is 8. The second-order valence-corrected chi connectivity index (χ2v) is 5.41. The fraction of sp³-hybridized carbons (Fsp3) is 0.500. The number of carbonyl (C=O) groups is 2. The first-order valence-corrected chi connectivity index (χ1v) is 7.19. The van der Waals surface area contributed by atoms with Crippen LogP contribution in [0.4, 0.5) is 5.69 Å². The number of benzene rings is 1. The molecule has 1 aromatic rings. The van der Waals surface area contributed by atoms with Crippen molar-refractivity contribution in [1.82, 2.24) is 0 Å². The SMILES string of the molecule is COc1cc(C(=O)O)ccc1NC(=O)C(C)OCCC(C)C. The lowest BCUT2D eigenvalue weighted by Gasteiger charge is -2.16. The standard InChI is InChI=1S/C16H23NO5/c1-10(2)7-8-22-11(3)15(18)17-13-6-5-12(16(19)20)9-14(13)21-4/h5-6,9-11H,7-8H2,1-4H3,(H,17,18)(H,19,20). The number of carboxylic acid groups (broad SMARTS) is 1. The van der Waals surface area contributed by atoms with E-state index >= 15 is 0 Å². The van der Waals surface area contributed by atoms with Crippen LogP contribution in [0.2, 0.25) is 0 Å². The largest absolute Gasteiger partial charge is 0.495 e. The molecule has 1 unspecified atom stereocenters. The summed E-state index contributed by atoms with van der Waals surface area (Å²) in [4.78, 5) is 23.0. The molecule has 0 aliphatic carbocycles. The Bertz CT molecular complexity index is 527. The number of anilines is 1. The molecule has 122 valence electrons. The Morgan fingerprint density at radius 1 is 1.27 bits per heavy atom. The lowest BCUT2D eigenvalue weighted by atomic mass is 10.1. The van der Waals surface area contributed by atoms with E-state index in [2.05, 4.69) is 19.2 Å². The van der Waals surface area contributed by atoms with E-state index in [-0.39, 0.29) is 11.5 Å². The minimum absolute atomic E-state index is 0.0936. The molecule has 0 aliphatic rings. The number of aromatic carboxylic acids is 1. The van der Waals surface area contributed by atoms with Gasteiger partial charge in [-0.3, -0.25) is 4.79 Å². The minimum Gasteiger partial charge on any atom is -0.495 e. The van der Waals surface area contributed by atoms with Gasteiger partial charge in [0.15, 0.2) is 0 Å². The number of methoxy groups -OCH3 is 1. The number of amides is 1. The molecule has 0 aromatic heterocycles. The maximum absolute atomic E-state index is 12.1. The van der Waals surface area contributed by atoms with Crippen molar-refractivity contribution in [3.63, 3.8) is 0 Å². The highest BCUT2D eigenvalue weighted by Gasteiger charge is 2.16. The molecule has 0 saturated heterocycles. The van der Waals surface area contributed by atoms with Crippen LogP contribution in [0.25, 0.3) is 0 Å². The van der Waals surface area contributed by atoms with Gasteiger partial charge in [0, 0.05) is 6.61 Å². The summed E-state index contributed by atoms with van der Waals surface area (Å²) < 4.78 is 10.6. The molecule has 6 nitrogen and oxygen atoms in total. The number of carbonyl (C=O) groups excluding carboxylic acids is 1. The van der Waals surface area contributed by atoms with Crippen LogP contribution in [0.5, 0.6) is 5.75 Å². The van der Waals surface area contributed by atoms with Crippen LogP contribution in [-0.4, -0.2) is 36.8 Å². The van der Waals surface area contributed by atoms with Gasteiger partial charge in [-0.05, 0) is 37.5 Å². The molecule has 1 aromatic carbocycles. The first-order chi connectivity index (χ1) is 10.3. The molecule has 1 rings (SSSR count). The van der Waals surface area contributed by atoms with E-state index in [0.717, 1.165) is 6.42 Å². The number of ether oxygens (including phenoxy) is 2. The number of hydrogen-bond acceptors (Lipinski definition) is 4. The second-order valence-electron chi connectivity index (χ2n) is 5.41. The lowest BCUT2D eigenvalue weighted by Crippen LogP contribution is -2.28. The van der Waals surface area contributed by atoms with Gasteiger partial charge in [0.25, 0.3) is 5.91 Å². The van der Waals surface area contributed by atoms with Crippen molar-refractivity contribution in [3.8, 4) is 5.75 Å². The maximum Gasteiger partial charge on any atom is 0.335 e. The van der Waals surface area contributed by atoms with Crippen molar-refractivity contribution in [2.45, 2.75) is 33.3 Å². The van der Waals surface area contributed by atoms with Crippen molar-refractivity contribution in [2.75, 3.05) is 19.0 Å². The molecule has 0 aliphatic heterocycles. The number of nitrogens with one attached hydrogen (secondary N) is 1. The summed E-state index contributed by atoms with van der Waals surface area (Å²) in [5.41, 5.74) is 0.507. The zero-order chi connectivity index (χ0) is 16.7. The smallest absolute Gasteiger partial charge is 0.335 e. The van der Waals surface area contributed by atoms with Crippen LogP contribution >= 0.6 is 0 Å². The van der Waals surface area contributed by atoms with Crippen molar-refractivity contribution in [1.29, 1.82) is 0 Å². The summed E-state index contributed by atoms with van der Waals surface area (Å²) >= 11 is 0. The van der Waals surface area contributed by atoms with Crippen LogP contribution < -0.4 is 10.1 Å². The van der Waals surface area contributed by atoms with Crippen LogP contribution in [0, 0.1) is 5.92 Å². The highest BCUT2D eigenvalue weighted by molar-refractivity contribution is 5.96. The van der Waals surface area contributed by atoms with Crippen molar-refractivity contribution in [3.05, 3.63) is 23.8 Å². The highest BCUT2D eigenvalue weighted by Crippen LogP contribution is 2.25. The molecule has 0 saturated carbocycles. The van der Waals surface area contributed by atoms with Crippen molar-refractivity contribution >= 4 is 17.6 Å². The van der Waals surface area contributed by atoms with E-state index in [1.54, 1.807) is 6.92 Å². The Morgan fingerprint density at radius 3 is 2.50 bits per heavy atom. The molecule has 22 heavy (non-hydrogen) atoms. The fourth-order valence-electron chi connectivity index (χ4n) is 1.72. The van der Waals surface area contributed by atoms with Gasteiger partial charge in [0.1, 0.15) is 11.9 Å². The Morgan fingerprint density at radius 2 is 1.95 bits per heavy atom. The highest BCUT2D eigenvalue weighted by atomic mass is 16.5. The summed E-state index contributed by atoms with van der Waals surface area (Å²) in [6.45, 7) is 6.36. The van der Waals surface area contributed by atoms with Crippen LogP contribution in [0.3, 0.4) is 0 Å². The fourth-order valence-corrected chi connectivity index (χ4v) is 1.72. The summed E-state index contributed by atoms with van der Waals surface area (Å²) in [6, 6.07) is 4.27. The average Bonchev–Trinajstić information content (AvgIpc) is 2.46. The van der Waals surface area contributed by atoms with Crippen molar-refractivity contribution < 1.29 is 24.2 Å². The van der Waals surface area contributed by atoms with E-state index in [4.69, 9.17) is 14.6 Å². The minimum atomic E-state index is -1.05. The zero-order valence-electron chi connectivity index (χ0n) is 13.4. The maximum atomic E-state index is 12.1. The summed E-state index contributed by atoms with van der Waals surface area (Å²) in [5.74, 6) is -0.548. The van der Waals surface area contributed by atoms with Crippen LogP contribution in [0.1, 0.15) is 37.6 Å². The predicted octanol–water partition coefficient (Wildman–Crippen LogP) is 2.78. The van der Waals surface area contributed by atoms with Crippen LogP contribution in [0.15, 0.2) is 18.2 Å². The van der Waals surface area contributed by atoms with Crippen molar-refractivity contribution in [2.24, 2.45) is 5.92 Å². The lowest BCUT2D eigenvalue weighted by molar-refractivity contribution is -0.126. The summed E-state index contributed by atoms with van der Waals surface area (Å²) in [5, 5.41) is 11.6. The first-order valence-electron chi connectivity index (χ1n) is 7.19. The van der Waals surface area contributed by atoms with E-state index < -0.39 is 12.1 Å². The molecule has 2 N–H and O–H groups in total. The van der Waals surface area contributed by atoms with E-state index in [0.29, 0.717) is 24.0 Å². The monoisotopic (exact) mass is 309 g/mol. The Balaban J connectivity index is 2.69. The van der Waals surface area contributed by atoms with Gasteiger partial charge in [-0.2, -0.15) is 0 Å². The molecule has 1 atom stereocenters. The van der Waals surface area contributed by atoms with Gasteiger partial charge < -0.3 is 19.9 Å².